The van der Waals surface area contributed by atoms with E-state index < -0.39 is 16.0 Å². The van der Waals surface area contributed by atoms with Crippen LogP contribution in [0.15, 0.2) is 29.2 Å². The second kappa shape index (κ2) is 4.79. The Morgan fingerprint density at radius 1 is 1.38 bits per heavy atom. The molecule has 0 bridgehead atoms. The molecule has 0 fully saturated rings. The molecule has 0 spiro atoms. The Balaban J connectivity index is 2.98. The minimum atomic E-state index is -3.65. The Kier molecular flexibility index (Phi) is 3.66. The monoisotopic (exact) mass is 239 g/mol. The van der Waals surface area contributed by atoms with Crippen LogP contribution in [0.25, 0.3) is 0 Å². The van der Waals surface area contributed by atoms with Gasteiger partial charge >= 0.3 is 5.97 Å². The molecule has 1 aromatic rings. The fraction of sp³-hybridized carbons (Fsp3) is 0.100. The Bertz CT molecular complexity index is 525. The van der Waals surface area contributed by atoms with Gasteiger partial charge in [-0.15, -0.1) is 6.42 Å². The van der Waals surface area contributed by atoms with E-state index in [1.807, 2.05) is 0 Å². The molecule has 0 aliphatic heterocycles. The molecule has 0 unspecified atom stereocenters. The van der Waals surface area contributed by atoms with Gasteiger partial charge in [0.2, 0.25) is 10.0 Å². The fourth-order valence-electron chi connectivity index (χ4n) is 0.997. The predicted molar refractivity (Wildman–Crippen MR) is 57.4 cm³/mol. The van der Waals surface area contributed by atoms with E-state index in [-0.39, 0.29) is 17.0 Å². The van der Waals surface area contributed by atoms with Gasteiger partial charge in [0.25, 0.3) is 0 Å². The Hall–Kier alpha value is -1.84. The van der Waals surface area contributed by atoms with Gasteiger partial charge in [0.05, 0.1) is 17.0 Å². The molecule has 2 N–H and O–H groups in total. The zero-order valence-electron chi connectivity index (χ0n) is 8.17. The molecule has 0 amide bonds. The van der Waals surface area contributed by atoms with Crippen molar-refractivity contribution in [2.45, 2.75) is 4.90 Å². The maximum Gasteiger partial charge on any atom is 0.335 e. The summed E-state index contributed by atoms with van der Waals surface area (Å²) in [5, 5.41) is 8.63. The molecule has 0 radical (unpaired) electrons. The standard InChI is InChI=1S/C10H9NO4S/c1-2-7-11-16(14,15)9-5-3-8(4-6-9)10(12)13/h1,3-6,11H,7H2,(H,12,13). The van der Waals surface area contributed by atoms with Crippen molar-refractivity contribution >= 4 is 16.0 Å². The average molecular weight is 239 g/mol. The number of benzene rings is 1. The number of aromatic carboxylic acids is 1. The van der Waals surface area contributed by atoms with Crippen molar-refractivity contribution in [2.24, 2.45) is 0 Å². The zero-order valence-corrected chi connectivity index (χ0v) is 8.99. The van der Waals surface area contributed by atoms with E-state index in [4.69, 9.17) is 11.5 Å². The number of carboxylic acids is 1. The van der Waals surface area contributed by atoms with Gasteiger partial charge in [-0.1, -0.05) is 5.92 Å². The highest BCUT2D eigenvalue weighted by atomic mass is 32.2. The van der Waals surface area contributed by atoms with Crippen LogP contribution in [0.1, 0.15) is 10.4 Å². The first-order valence-electron chi connectivity index (χ1n) is 4.24. The van der Waals surface area contributed by atoms with Crippen LogP contribution in [0.2, 0.25) is 0 Å². The first-order valence-corrected chi connectivity index (χ1v) is 5.72. The van der Waals surface area contributed by atoms with Crippen molar-refractivity contribution in [3.63, 3.8) is 0 Å². The van der Waals surface area contributed by atoms with Crippen molar-refractivity contribution in [3.8, 4) is 12.3 Å². The summed E-state index contributed by atoms with van der Waals surface area (Å²) in [7, 11) is -3.65. The van der Waals surface area contributed by atoms with Crippen LogP contribution in [0.4, 0.5) is 0 Å². The molecule has 0 aromatic heterocycles. The summed E-state index contributed by atoms with van der Waals surface area (Å²) < 4.78 is 25.2. The van der Waals surface area contributed by atoms with Gasteiger partial charge in [-0.25, -0.2) is 13.2 Å². The molecule has 0 heterocycles. The fourth-order valence-corrected chi connectivity index (χ4v) is 1.93. The van der Waals surface area contributed by atoms with Gasteiger partial charge < -0.3 is 5.11 Å². The summed E-state index contributed by atoms with van der Waals surface area (Å²) in [4.78, 5) is 10.5. The lowest BCUT2D eigenvalue weighted by Crippen LogP contribution is -2.23. The largest absolute Gasteiger partial charge is 0.478 e. The van der Waals surface area contributed by atoms with E-state index in [1.54, 1.807) is 0 Å². The van der Waals surface area contributed by atoms with E-state index in [0.29, 0.717) is 0 Å². The number of sulfonamides is 1. The van der Waals surface area contributed by atoms with Crippen molar-refractivity contribution in [3.05, 3.63) is 29.8 Å². The van der Waals surface area contributed by atoms with Crippen molar-refractivity contribution in [1.82, 2.24) is 4.72 Å². The van der Waals surface area contributed by atoms with Crippen LogP contribution in [-0.4, -0.2) is 26.0 Å². The molecule has 0 aliphatic carbocycles. The molecular weight excluding hydrogens is 230 g/mol. The SMILES string of the molecule is C#CCNS(=O)(=O)c1ccc(C(=O)O)cc1. The third kappa shape index (κ3) is 2.82. The van der Waals surface area contributed by atoms with Crippen LogP contribution >= 0.6 is 0 Å². The summed E-state index contributed by atoms with van der Waals surface area (Å²) in [6.07, 6.45) is 4.92. The molecule has 16 heavy (non-hydrogen) atoms. The lowest BCUT2D eigenvalue weighted by Gasteiger charge is -2.03. The predicted octanol–water partition coefficient (Wildman–Crippen LogP) is 0.296. The topological polar surface area (TPSA) is 83.5 Å². The summed E-state index contributed by atoms with van der Waals surface area (Å²) in [5.41, 5.74) is 0.0240. The average Bonchev–Trinajstić information content (AvgIpc) is 2.26. The molecule has 5 nitrogen and oxygen atoms in total. The summed E-state index contributed by atoms with van der Waals surface area (Å²) in [6.45, 7) is -0.108. The smallest absolute Gasteiger partial charge is 0.335 e. The molecule has 0 saturated heterocycles. The summed E-state index contributed by atoms with van der Waals surface area (Å²) >= 11 is 0. The second-order valence-electron chi connectivity index (χ2n) is 2.86. The molecule has 1 rings (SSSR count). The first-order chi connectivity index (χ1) is 7.47. The van der Waals surface area contributed by atoms with E-state index in [9.17, 15) is 13.2 Å². The Morgan fingerprint density at radius 2 is 1.94 bits per heavy atom. The molecule has 0 saturated carbocycles. The van der Waals surface area contributed by atoms with E-state index >= 15 is 0 Å². The highest BCUT2D eigenvalue weighted by molar-refractivity contribution is 7.89. The second-order valence-corrected chi connectivity index (χ2v) is 4.63. The van der Waals surface area contributed by atoms with E-state index in [2.05, 4.69) is 10.6 Å². The highest BCUT2D eigenvalue weighted by Crippen LogP contribution is 2.10. The van der Waals surface area contributed by atoms with Crippen molar-refractivity contribution in [2.75, 3.05) is 6.54 Å². The normalized spacial score (nSPS) is 10.7. The molecule has 84 valence electrons. The quantitative estimate of drug-likeness (QED) is 0.740. The maximum absolute atomic E-state index is 11.5. The number of hydrogen-bond donors (Lipinski definition) is 2. The summed E-state index contributed by atoms with van der Waals surface area (Å²) in [6, 6.07) is 4.85. The van der Waals surface area contributed by atoms with Crippen LogP contribution in [-0.2, 0) is 10.0 Å². The molecule has 0 atom stereocenters. The molecular formula is C10H9NO4S. The van der Waals surface area contributed by atoms with Crippen LogP contribution in [0.5, 0.6) is 0 Å². The molecule has 1 aromatic carbocycles. The number of rotatable bonds is 4. The minimum Gasteiger partial charge on any atom is -0.478 e. The third-order valence-corrected chi connectivity index (χ3v) is 3.19. The van der Waals surface area contributed by atoms with Crippen molar-refractivity contribution < 1.29 is 18.3 Å². The van der Waals surface area contributed by atoms with Gasteiger partial charge in [-0.05, 0) is 24.3 Å². The number of carbonyl (C=O) groups is 1. The Morgan fingerprint density at radius 3 is 2.38 bits per heavy atom. The maximum atomic E-state index is 11.5. The zero-order chi connectivity index (χ0) is 12.2. The van der Waals surface area contributed by atoms with Gasteiger partial charge in [-0.3, -0.25) is 0 Å². The first kappa shape index (κ1) is 12.2. The van der Waals surface area contributed by atoms with Gasteiger partial charge in [0.1, 0.15) is 0 Å². The lowest BCUT2D eigenvalue weighted by atomic mass is 10.2. The molecule has 0 aliphatic rings. The number of nitrogens with one attached hydrogen (secondary N) is 1. The van der Waals surface area contributed by atoms with Crippen molar-refractivity contribution in [1.29, 1.82) is 0 Å². The van der Waals surface area contributed by atoms with Gasteiger partial charge in [0, 0.05) is 0 Å². The van der Waals surface area contributed by atoms with E-state index in [0.717, 1.165) is 0 Å². The number of hydrogen-bond acceptors (Lipinski definition) is 3. The number of carboxylic acid groups (broad SMARTS) is 1. The van der Waals surface area contributed by atoms with Crippen LogP contribution < -0.4 is 4.72 Å². The summed E-state index contributed by atoms with van der Waals surface area (Å²) in [5.74, 6) is 1.03. The van der Waals surface area contributed by atoms with E-state index in [1.165, 1.54) is 24.3 Å². The van der Waals surface area contributed by atoms with Gasteiger partial charge in [-0.2, -0.15) is 4.72 Å². The van der Waals surface area contributed by atoms with Gasteiger partial charge in [0.15, 0.2) is 0 Å². The van der Waals surface area contributed by atoms with Crippen LogP contribution in [0.3, 0.4) is 0 Å². The minimum absolute atomic E-state index is 0.0206. The molecule has 6 heteroatoms. The third-order valence-electron chi connectivity index (χ3n) is 1.78. The number of terminal acetylenes is 1. The Labute approximate surface area is 93.2 Å². The lowest BCUT2D eigenvalue weighted by molar-refractivity contribution is 0.0697. The van der Waals surface area contributed by atoms with Crippen LogP contribution in [0, 0.1) is 12.3 Å². The highest BCUT2D eigenvalue weighted by Gasteiger charge is 2.13.